The van der Waals surface area contributed by atoms with Crippen molar-refractivity contribution in [3.05, 3.63) is 59.4 Å². The van der Waals surface area contributed by atoms with Gasteiger partial charge in [-0.15, -0.1) is 0 Å². The first kappa shape index (κ1) is 9.67. The normalized spacial score (nSPS) is 15.3. The SMILES string of the molecule is CN1Cc2cn(Cc3ccccc3)cc2C1. The largest absolute Gasteiger partial charge is 0.349 e. The van der Waals surface area contributed by atoms with Gasteiger partial charge in [-0.1, -0.05) is 30.3 Å². The zero-order valence-electron chi connectivity index (χ0n) is 9.56. The molecule has 0 saturated heterocycles. The zero-order chi connectivity index (χ0) is 11.0. The van der Waals surface area contributed by atoms with Gasteiger partial charge in [-0.3, -0.25) is 4.90 Å². The van der Waals surface area contributed by atoms with Gasteiger partial charge in [0.15, 0.2) is 0 Å². The second-order valence-electron chi connectivity index (χ2n) is 4.64. The van der Waals surface area contributed by atoms with E-state index in [1.54, 1.807) is 0 Å². The van der Waals surface area contributed by atoms with E-state index in [0.29, 0.717) is 0 Å². The van der Waals surface area contributed by atoms with Crippen LogP contribution in [0.3, 0.4) is 0 Å². The van der Waals surface area contributed by atoms with E-state index >= 15 is 0 Å². The number of hydrogen-bond donors (Lipinski definition) is 0. The lowest BCUT2D eigenvalue weighted by Crippen LogP contribution is -2.09. The molecule has 82 valence electrons. The van der Waals surface area contributed by atoms with Gasteiger partial charge in [0.1, 0.15) is 0 Å². The summed E-state index contributed by atoms with van der Waals surface area (Å²) in [7, 11) is 2.17. The molecule has 2 heterocycles. The van der Waals surface area contributed by atoms with Gasteiger partial charge >= 0.3 is 0 Å². The average Bonchev–Trinajstić information content (AvgIpc) is 2.76. The van der Waals surface area contributed by atoms with Crippen LogP contribution >= 0.6 is 0 Å². The molecule has 1 aliphatic heterocycles. The third kappa shape index (κ3) is 1.76. The quantitative estimate of drug-likeness (QED) is 0.742. The van der Waals surface area contributed by atoms with Gasteiger partial charge in [0.05, 0.1) is 0 Å². The Hall–Kier alpha value is -1.54. The number of nitrogens with zero attached hydrogens (tertiary/aromatic N) is 2. The Kier molecular flexibility index (Phi) is 2.29. The maximum Gasteiger partial charge on any atom is 0.0470 e. The topological polar surface area (TPSA) is 8.17 Å². The van der Waals surface area contributed by atoms with E-state index in [1.807, 2.05) is 0 Å². The Labute approximate surface area is 96.1 Å². The van der Waals surface area contributed by atoms with E-state index in [1.165, 1.54) is 16.7 Å². The first-order valence-electron chi connectivity index (χ1n) is 5.71. The van der Waals surface area contributed by atoms with Crippen LogP contribution in [-0.4, -0.2) is 16.5 Å². The zero-order valence-corrected chi connectivity index (χ0v) is 9.56. The number of hydrogen-bond acceptors (Lipinski definition) is 1. The van der Waals surface area contributed by atoms with Gasteiger partial charge in [0, 0.05) is 32.0 Å². The summed E-state index contributed by atoms with van der Waals surface area (Å²) in [5.74, 6) is 0. The lowest BCUT2D eigenvalue weighted by Gasteiger charge is -2.07. The summed E-state index contributed by atoms with van der Waals surface area (Å²) in [5.41, 5.74) is 4.33. The monoisotopic (exact) mass is 212 g/mol. The van der Waals surface area contributed by atoms with Crippen LogP contribution in [0.2, 0.25) is 0 Å². The van der Waals surface area contributed by atoms with Crippen LogP contribution in [0.4, 0.5) is 0 Å². The molecule has 1 aromatic carbocycles. The van der Waals surface area contributed by atoms with Crippen molar-refractivity contribution < 1.29 is 0 Å². The van der Waals surface area contributed by atoms with Gasteiger partial charge < -0.3 is 4.57 Å². The number of fused-ring (bicyclic) bond motifs is 1. The van der Waals surface area contributed by atoms with Gasteiger partial charge in [-0.05, 0) is 23.7 Å². The molecule has 0 radical (unpaired) electrons. The van der Waals surface area contributed by atoms with Crippen molar-refractivity contribution in [3.63, 3.8) is 0 Å². The van der Waals surface area contributed by atoms with Crippen LogP contribution in [0.15, 0.2) is 42.7 Å². The minimum atomic E-state index is 0.984. The molecule has 0 aliphatic carbocycles. The van der Waals surface area contributed by atoms with Gasteiger partial charge in [-0.2, -0.15) is 0 Å². The Morgan fingerprint density at radius 2 is 1.62 bits per heavy atom. The summed E-state index contributed by atoms with van der Waals surface area (Å²) in [6.45, 7) is 3.17. The standard InChI is InChI=1S/C14H16N2/c1-15-8-13-10-16(11-14(13)9-15)7-12-5-3-2-4-6-12/h2-6,10-11H,7-9H2,1H3. The molecule has 0 amide bonds. The second-order valence-corrected chi connectivity index (χ2v) is 4.64. The Morgan fingerprint density at radius 3 is 2.25 bits per heavy atom. The summed E-state index contributed by atoms with van der Waals surface area (Å²) < 4.78 is 2.30. The molecular formula is C14H16N2. The molecule has 0 spiro atoms. The van der Waals surface area contributed by atoms with Crippen LogP contribution in [0.1, 0.15) is 16.7 Å². The van der Waals surface area contributed by atoms with E-state index in [4.69, 9.17) is 0 Å². The molecule has 1 aromatic heterocycles. The minimum Gasteiger partial charge on any atom is -0.349 e. The highest BCUT2D eigenvalue weighted by Crippen LogP contribution is 2.22. The summed E-state index contributed by atoms with van der Waals surface area (Å²) in [6, 6.07) is 10.6. The Balaban J connectivity index is 1.80. The smallest absolute Gasteiger partial charge is 0.0470 e. The highest BCUT2D eigenvalue weighted by Gasteiger charge is 2.17. The number of rotatable bonds is 2. The fraction of sp³-hybridized carbons (Fsp3) is 0.286. The maximum atomic E-state index is 2.34. The molecule has 0 unspecified atom stereocenters. The second kappa shape index (κ2) is 3.80. The van der Waals surface area contributed by atoms with Crippen molar-refractivity contribution in [2.24, 2.45) is 0 Å². The molecule has 2 aromatic rings. The van der Waals surface area contributed by atoms with Crippen molar-refractivity contribution in [1.82, 2.24) is 9.47 Å². The molecule has 0 fully saturated rings. The molecule has 0 N–H and O–H groups in total. The van der Waals surface area contributed by atoms with Crippen molar-refractivity contribution in [1.29, 1.82) is 0 Å². The van der Waals surface area contributed by atoms with Crippen LogP contribution in [0, 0.1) is 0 Å². The van der Waals surface area contributed by atoms with Crippen LogP contribution in [0.5, 0.6) is 0 Å². The molecular weight excluding hydrogens is 196 g/mol. The van der Waals surface area contributed by atoms with E-state index < -0.39 is 0 Å². The molecule has 16 heavy (non-hydrogen) atoms. The predicted molar refractivity (Wildman–Crippen MR) is 65.1 cm³/mol. The van der Waals surface area contributed by atoms with Crippen molar-refractivity contribution in [2.45, 2.75) is 19.6 Å². The van der Waals surface area contributed by atoms with E-state index in [9.17, 15) is 0 Å². The van der Waals surface area contributed by atoms with E-state index in [0.717, 1.165) is 19.6 Å². The fourth-order valence-electron chi connectivity index (χ4n) is 2.41. The summed E-state index contributed by atoms with van der Waals surface area (Å²) in [4.78, 5) is 2.34. The van der Waals surface area contributed by atoms with Crippen LogP contribution < -0.4 is 0 Å². The number of benzene rings is 1. The lowest BCUT2D eigenvalue weighted by atomic mass is 10.2. The van der Waals surface area contributed by atoms with Crippen molar-refractivity contribution in [2.75, 3.05) is 7.05 Å². The van der Waals surface area contributed by atoms with Crippen LogP contribution in [0.25, 0.3) is 0 Å². The Morgan fingerprint density at radius 1 is 1.00 bits per heavy atom. The molecule has 1 aliphatic rings. The van der Waals surface area contributed by atoms with Crippen molar-refractivity contribution >= 4 is 0 Å². The fourth-order valence-corrected chi connectivity index (χ4v) is 2.41. The van der Waals surface area contributed by atoms with E-state index in [2.05, 4.69) is 59.2 Å². The summed E-state index contributed by atoms with van der Waals surface area (Å²) in [5, 5.41) is 0. The maximum absolute atomic E-state index is 2.34. The summed E-state index contributed by atoms with van der Waals surface area (Å²) >= 11 is 0. The first-order chi connectivity index (χ1) is 7.81. The molecule has 2 nitrogen and oxygen atoms in total. The van der Waals surface area contributed by atoms with Gasteiger partial charge in [-0.25, -0.2) is 0 Å². The van der Waals surface area contributed by atoms with Crippen LogP contribution in [-0.2, 0) is 19.6 Å². The summed E-state index contributed by atoms with van der Waals surface area (Å²) in [6.07, 6.45) is 4.57. The predicted octanol–water partition coefficient (Wildman–Crippen LogP) is 2.48. The van der Waals surface area contributed by atoms with E-state index in [-0.39, 0.29) is 0 Å². The number of aromatic nitrogens is 1. The molecule has 2 heteroatoms. The van der Waals surface area contributed by atoms with Gasteiger partial charge in [0.2, 0.25) is 0 Å². The third-order valence-corrected chi connectivity index (χ3v) is 3.14. The molecule has 0 bridgehead atoms. The molecule has 0 saturated carbocycles. The molecule has 0 atom stereocenters. The minimum absolute atomic E-state index is 0.984. The van der Waals surface area contributed by atoms with Gasteiger partial charge in [0.25, 0.3) is 0 Å². The Bertz CT molecular complexity index is 461. The van der Waals surface area contributed by atoms with Crippen molar-refractivity contribution in [3.8, 4) is 0 Å². The first-order valence-corrected chi connectivity index (χ1v) is 5.71. The average molecular weight is 212 g/mol. The third-order valence-electron chi connectivity index (χ3n) is 3.14. The highest BCUT2D eigenvalue weighted by molar-refractivity contribution is 5.29. The lowest BCUT2D eigenvalue weighted by molar-refractivity contribution is 0.350. The highest BCUT2D eigenvalue weighted by atomic mass is 15.1. The molecule has 3 rings (SSSR count).